The monoisotopic (exact) mass is 359 g/mol. The predicted molar refractivity (Wildman–Crippen MR) is 103 cm³/mol. The third-order valence-corrected chi connectivity index (χ3v) is 4.47. The van der Waals surface area contributed by atoms with E-state index in [1.807, 2.05) is 36.5 Å². The van der Waals surface area contributed by atoms with E-state index in [-0.39, 0.29) is 5.91 Å². The number of aliphatic imine (C=N–C) groups is 1. The molecule has 134 valence electrons. The standard InChI is InChI=1S/C18H25N5OS/c1-14-12-23-17(25-14)9-11-21-18(19-2)20-10-8-16(24)22-13-15-6-4-3-5-7-15/h3-7,12H,8-11,13H2,1-2H3,(H,22,24)(H2,19,20,21). The van der Waals surface area contributed by atoms with Gasteiger partial charge in [0, 0.05) is 50.6 Å². The number of rotatable bonds is 8. The molecule has 1 amide bonds. The van der Waals surface area contributed by atoms with E-state index in [0.717, 1.165) is 23.5 Å². The highest BCUT2D eigenvalue weighted by Gasteiger charge is 2.04. The highest BCUT2D eigenvalue weighted by Crippen LogP contribution is 2.10. The van der Waals surface area contributed by atoms with E-state index in [1.165, 1.54) is 4.88 Å². The molecule has 0 aliphatic carbocycles. The van der Waals surface area contributed by atoms with Crippen LogP contribution in [0.3, 0.4) is 0 Å². The average molecular weight is 359 g/mol. The number of nitrogens with one attached hydrogen (secondary N) is 3. The molecule has 2 rings (SSSR count). The number of amides is 1. The smallest absolute Gasteiger partial charge is 0.222 e. The summed E-state index contributed by atoms with van der Waals surface area (Å²) in [6.07, 6.45) is 3.15. The first-order valence-corrected chi connectivity index (χ1v) is 9.15. The summed E-state index contributed by atoms with van der Waals surface area (Å²) in [5.41, 5.74) is 1.10. The van der Waals surface area contributed by atoms with Crippen LogP contribution in [0, 0.1) is 6.92 Å². The fourth-order valence-corrected chi connectivity index (χ4v) is 2.99. The first-order chi connectivity index (χ1) is 12.2. The summed E-state index contributed by atoms with van der Waals surface area (Å²) in [4.78, 5) is 21.6. The summed E-state index contributed by atoms with van der Waals surface area (Å²) in [6, 6.07) is 9.88. The van der Waals surface area contributed by atoms with Gasteiger partial charge in [0.1, 0.15) is 0 Å². The van der Waals surface area contributed by atoms with Crippen LogP contribution in [0.25, 0.3) is 0 Å². The molecule has 0 atom stereocenters. The SMILES string of the molecule is CN=C(NCCC(=O)NCc1ccccc1)NCCc1ncc(C)s1. The zero-order valence-electron chi connectivity index (χ0n) is 14.7. The average Bonchev–Trinajstić information content (AvgIpc) is 3.04. The Hall–Kier alpha value is -2.41. The third-order valence-electron chi connectivity index (χ3n) is 3.50. The second kappa shape index (κ2) is 10.5. The van der Waals surface area contributed by atoms with Crippen molar-refractivity contribution < 1.29 is 4.79 Å². The Kier molecular flexibility index (Phi) is 7.91. The van der Waals surface area contributed by atoms with E-state index in [9.17, 15) is 4.79 Å². The van der Waals surface area contributed by atoms with Crippen molar-refractivity contribution >= 4 is 23.2 Å². The van der Waals surface area contributed by atoms with Crippen molar-refractivity contribution in [3.05, 3.63) is 52.0 Å². The fraction of sp³-hybridized carbons (Fsp3) is 0.389. The van der Waals surface area contributed by atoms with Gasteiger partial charge in [0.15, 0.2) is 5.96 Å². The predicted octanol–water partition coefficient (Wildman–Crippen LogP) is 1.87. The number of aryl methyl sites for hydroxylation is 1. The van der Waals surface area contributed by atoms with Crippen LogP contribution in [0.5, 0.6) is 0 Å². The van der Waals surface area contributed by atoms with Gasteiger partial charge in [-0.15, -0.1) is 11.3 Å². The quantitative estimate of drug-likeness (QED) is 0.497. The van der Waals surface area contributed by atoms with Crippen molar-refractivity contribution in [3.8, 4) is 0 Å². The lowest BCUT2D eigenvalue weighted by Gasteiger charge is -2.11. The summed E-state index contributed by atoms with van der Waals surface area (Å²) >= 11 is 1.71. The molecular formula is C18H25N5OS. The molecule has 0 spiro atoms. The van der Waals surface area contributed by atoms with Gasteiger partial charge in [0.25, 0.3) is 0 Å². The molecule has 0 bridgehead atoms. The van der Waals surface area contributed by atoms with Crippen LogP contribution in [0.2, 0.25) is 0 Å². The van der Waals surface area contributed by atoms with Gasteiger partial charge in [-0.05, 0) is 12.5 Å². The maximum absolute atomic E-state index is 11.9. The molecule has 25 heavy (non-hydrogen) atoms. The van der Waals surface area contributed by atoms with Crippen LogP contribution < -0.4 is 16.0 Å². The Morgan fingerprint density at radius 3 is 2.60 bits per heavy atom. The van der Waals surface area contributed by atoms with Gasteiger partial charge < -0.3 is 16.0 Å². The normalized spacial score (nSPS) is 11.2. The zero-order chi connectivity index (χ0) is 17.9. The summed E-state index contributed by atoms with van der Waals surface area (Å²) in [6.45, 7) is 3.90. The Morgan fingerprint density at radius 2 is 1.92 bits per heavy atom. The van der Waals surface area contributed by atoms with Gasteiger partial charge in [-0.2, -0.15) is 0 Å². The van der Waals surface area contributed by atoms with Crippen LogP contribution in [-0.2, 0) is 17.8 Å². The number of aromatic nitrogens is 1. The number of hydrogen-bond acceptors (Lipinski definition) is 4. The molecule has 0 aliphatic rings. The van der Waals surface area contributed by atoms with Gasteiger partial charge in [0.2, 0.25) is 5.91 Å². The van der Waals surface area contributed by atoms with E-state index in [2.05, 4.69) is 32.9 Å². The number of guanidine groups is 1. The number of carbonyl (C=O) groups is 1. The number of thiazole rings is 1. The maximum atomic E-state index is 11.9. The molecule has 2 aromatic rings. The van der Waals surface area contributed by atoms with Crippen molar-refractivity contribution in [2.24, 2.45) is 4.99 Å². The number of hydrogen-bond donors (Lipinski definition) is 3. The first kappa shape index (κ1) is 18.9. The fourth-order valence-electron chi connectivity index (χ4n) is 2.20. The lowest BCUT2D eigenvalue weighted by molar-refractivity contribution is -0.121. The zero-order valence-corrected chi connectivity index (χ0v) is 15.5. The number of carbonyl (C=O) groups excluding carboxylic acids is 1. The van der Waals surface area contributed by atoms with Crippen molar-refractivity contribution in [2.45, 2.75) is 26.3 Å². The lowest BCUT2D eigenvalue weighted by Crippen LogP contribution is -2.40. The van der Waals surface area contributed by atoms with Crippen LogP contribution in [0.4, 0.5) is 0 Å². The van der Waals surface area contributed by atoms with Crippen molar-refractivity contribution in [1.82, 2.24) is 20.9 Å². The minimum Gasteiger partial charge on any atom is -0.356 e. The van der Waals surface area contributed by atoms with E-state index in [4.69, 9.17) is 0 Å². The van der Waals surface area contributed by atoms with Gasteiger partial charge >= 0.3 is 0 Å². The van der Waals surface area contributed by atoms with Gasteiger partial charge in [-0.25, -0.2) is 4.98 Å². The minimum absolute atomic E-state index is 0.0186. The van der Waals surface area contributed by atoms with Crippen molar-refractivity contribution in [2.75, 3.05) is 20.1 Å². The molecule has 1 aromatic carbocycles. The van der Waals surface area contributed by atoms with Crippen LogP contribution in [0.15, 0.2) is 41.5 Å². The Labute approximate surface area is 152 Å². The van der Waals surface area contributed by atoms with Crippen molar-refractivity contribution in [3.63, 3.8) is 0 Å². The van der Waals surface area contributed by atoms with Crippen molar-refractivity contribution in [1.29, 1.82) is 0 Å². The molecule has 1 heterocycles. The molecule has 0 saturated carbocycles. The molecule has 0 aliphatic heterocycles. The molecule has 6 nitrogen and oxygen atoms in total. The van der Waals surface area contributed by atoms with Gasteiger partial charge in [-0.1, -0.05) is 30.3 Å². The van der Waals surface area contributed by atoms with Crippen LogP contribution in [0.1, 0.15) is 21.9 Å². The second-order valence-electron chi connectivity index (χ2n) is 5.55. The molecule has 1 aromatic heterocycles. The topological polar surface area (TPSA) is 78.4 Å². The lowest BCUT2D eigenvalue weighted by atomic mass is 10.2. The second-order valence-corrected chi connectivity index (χ2v) is 6.87. The molecule has 0 unspecified atom stereocenters. The van der Waals surface area contributed by atoms with E-state index < -0.39 is 0 Å². The summed E-state index contributed by atoms with van der Waals surface area (Å²) in [5.74, 6) is 0.717. The molecule has 0 radical (unpaired) electrons. The number of nitrogens with zero attached hydrogens (tertiary/aromatic N) is 2. The highest BCUT2D eigenvalue weighted by molar-refractivity contribution is 7.11. The van der Waals surface area contributed by atoms with Gasteiger partial charge in [0.05, 0.1) is 5.01 Å². The summed E-state index contributed by atoms with van der Waals surface area (Å²) in [7, 11) is 1.72. The molecular weight excluding hydrogens is 334 g/mol. The first-order valence-electron chi connectivity index (χ1n) is 8.34. The van der Waals surface area contributed by atoms with Crippen LogP contribution >= 0.6 is 11.3 Å². The van der Waals surface area contributed by atoms with E-state index in [0.29, 0.717) is 25.5 Å². The largest absolute Gasteiger partial charge is 0.356 e. The Bertz CT molecular complexity index is 684. The summed E-state index contributed by atoms with van der Waals surface area (Å²) < 4.78 is 0. The minimum atomic E-state index is 0.0186. The number of benzene rings is 1. The van der Waals surface area contributed by atoms with Gasteiger partial charge in [-0.3, -0.25) is 9.79 Å². The highest BCUT2D eigenvalue weighted by atomic mass is 32.1. The van der Waals surface area contributed by atoms with E-state index in [1.54, 1.807) is 18.4 Å². The molecule has 3 N–H and O–H groups in total. The van der Waals surface area contributed by atoms with Crippen LogP contribution in [-0.4, -0.2) is 37.0 Å². The molecule has 0 fully saturated rings. The maximum Gasteiger partial charge on any atom is 0.222 e. The van der Waals surface area contributed by atoms with E-state index >= 15 is 0 Å². The Morgan fingerprint density at radius 1 is 1.16 bits per heavy atom. The third kappa shape index (κ3) is 7.34. The Balaban J connectivity index is 1.59. The molecule has 7 heteroatoms. The molecule has 0 saturated heterocycles. The summed E-state index contributed by atoms with van der Waals surface area (Å²) in [5, 5.41) is 10.4.